The van der Waals surface area contributed by atoms with Gasteiger partial charge in [-0.05, 0) is 30.5 Å². The summed E-state index contributed by atoms with van der Waals surface area (Å²) in [6.45, 7) is 3.26. The lowest BCUT2D eigenvalue weighted by atomic mass is 9.94. The Balaban J connectivity index is 2.25. The fraction of sp³-hybridized carbons (Fsp3) is 0.462. The van der Waals surface area contributed by atoms with Gasteiger partial charge in [-0.3, -0.25) is 4.79 Å². The van der Waals surface area contributed by atoms with Crippen LogP contribution in [0.4, 0.5) is 0 Å². The van der Waals surface area contributed by atoms with E-state index < -0.39 is 11.9 Å². The number of carboxylic acid groups (broad SMARTS) is 1. The zero-order valence-electron chi connectivity index (χ0n) is 9.65. The summed E-state index contributed by atoms with van der Waals surface area (Å²) in [5.41, 5.74) is 2.04. The normalized spacial score (nSPS) is 21.4. The maximum absolute atomic E-state index is 10.9. The SMILES string of the molecule is CC(C(=O)O)c1ccc(C2CCOC2)c(Br)c1. The molecule has 2 unspecified atom stereocenters. The zero-order valence-corrected chi connectivity index (χ0v) is 11.2. The summed E-state index contributed by atoms with van der Waals surface area (Å²) in [4.78, 5) is 10.9. The summed E-state index contributed by atoms with van der Waals surface area (Å²) < 4.78 is 6.35. The minimum absolute atomic E-state index is 0.429. The first kappa shape index (κ1) is 12.6. The molecular weight excluding hydrogens is 284 g/mol. The lowest BCUT2D eigenvalue weighted by Gasteiger charge is -2.13. The van der Waals surface area contributed by atoms with Crippen LogP contribution < -0.4 is 0 Å². The second-order valence-corrected chi connectivity index (χ2v) is 5.26. The number of aliphatic carboxylic acids is 1. The van der Waals surface area contributed by atoms with Gasteiger partial charge in [-0.2, -0.15) is 0 Å². The predicted octanol–water partition coefficient (Wildman–Crippen LogP) is 3.14. The second kappa shape index (κ2) is 5.19. The molecule has 0 saturated carbocycles. The molecule has 0 amide bonds. The minimum atomic E-state index is -0.797. The van der Waals surface area contributed by atoms with Gasteiger partial charge in [0.1, 0.15) is 0 Å². The Morgan fingerprint density at radius 2 is 2.35 bits per heavy atom. The van der Waals surface area contributed by atoms with Gasteiger partial charge in [0.15, 0.2) is 0 Å². The van der Waals surface area contributed by atoms with Crippen molar-refractivity contribution in [1.29, 1.82) is 0 Å². The molecule has 1 aliphatic heterocycles. The molecule has 1 fully saturated rings. The van der Waals surface area contributed by atoms with Crippen LogP contribution in [0, 0.1) is 0 Å². The van der Waals surface area contributed by atoms with Crippen molar-refractivity contribution in [1.82, 2.24) is 0 Å². The Morgan fingerprint density at radius 3 is 2.88 bits per heavy atom. The molecule has 0 aromatic heterocycles. The third kappa shape index (κ3) is 2.69. The van der Waals surface area contributed by atoms with E-state index in [1.165, 1.54) is 5.56 Å². The highest BCUT2D eigenvalue weighted by Crippen LogP contribution is 2.33. The number of benzene rings is 1. The lowest BCUT2D eigenvalue weighted by molar-refractivity contribution is -0.138. The van der Waals surface area contributed by atoms with Crippen LogP contribution in [-0.2, 0) is 9.53 Å². The van der Waals surface area contributed by atoms with Gasteiger partial charge < -0.3 is 9.84 Å². The van der Waals surface area contributed by atoms with E-state index in [0.29, 0.717) is 5.92 Å². The van der Waals surface area contributed by atoms with E-state index in [2.05, 4.69) is 15.9 Å². The van der Waals surface area contributed by atoms with Crippen molar-refractivity contribution in [3.8, 4) is 0 Å². The summed E-state index contributed by atoms with van der Waals surface area (Å²) in [6.07, 6.45) is 1.03. The lowest BCUT2D eigenvalue weighted by Crippen LogP contribution is -2.08. The number of halogens is 1. The smallest absolute Gasteiger partial charge is 0.310 e. The first-order valence-electron chi connectivity index (χ1n) is 5.69. The molecule has 17 heavy (non-hydrogen) atoms. The van der Waals surface area contributed by atoms with Crippen LogP contribution in [0.2, 0.25) is 0 Å². The van der Waals surface area contributed by atoms with E-state index in [9.17, 15) is 4.79 Å². The molecule has 2 rings (SSSR count). The van der Waals surface area contributed by atoms with Gasteiger partial charge in [-0.1, -0.05) is 28.1 Å². The van der Waals surface area contributed by atoms with Crippen LogP contribution in [0.3, 0.4) is 0 Å². The first-order chi connectivity index (χ1) is 8.09. The largest absolute Gasteiger partial charge is 0.481 e. The average Bonchev–Trinajstić information content (AvgIpc) is 2.81. The van der Waals surface area contributed by atoms with Gasteiger partial charge in [0.2, 0.25) is 0 Å². The van der Waals surface area contributed by atoms with Crippen molar-refractivity contribution in [3.05, 3.63) is 33.8 Å². The highest BCUT2D eigenvalue weighted by atomic mass is 79.9. The van der Waals surface area contributed by atoms with Crippen molar-refractivity contribution in [2.45, 2.75) is 25.2 Å². The van der Waals surface area contributed by atoms with E-state index in [1.807, 2.05) is 18.2 Å². The van der Waals surface area contributed by atoms with E-state index in [-0.39, 0.29) is 0 Å². The maximum atomic E-state index is 10.9. The third-order valence-corrected chi connectivity index (χ3v) is 3.95. The molecule has 2 atom stereocenters. The summed E-state index contributed by atoms with van der Waals surface area (Å²) in [7, 11) is 0. The molecule has 1 aliphatic rings. The Kier molecular flexibility index (Phi) is 3.84. The van der Waals surface area contributed by atoms with Crippen molar-refractivity contribution in [2.24, 2.45) is 0 Å². The van der Waals surface area contributed by atoms with Gasteiger partial charge in [0.05, 0.1) is 12.5 Å². The summed E-state index contributed by atoms with van der Waals surface area (Å²) in [5, 5.41) is 8.97. The van der Waals surface area contributed by atoms with Crippen LogP contribution in [0.15, 0.2) is 22.7 Å². The number of carboxylic acids is 1. The topological polar surface area (TPSA) is 46.5 Å². The van der Waals surface area contributed by atoms with E-state index >= 15 is 0 Å². The van der Waals surface area contributed by atoms with Crippen LogP contribution in [0.25, 0.3) is 0 Å². The second-order valence-electron chi connectivity index (χ2n) is 4.40. The molecule has 1 aromatic carbocycles. The van der Waals surface area contributed by atoms with E-state index in [0.717, 1.165) is 29.7 Å². The Bertz CT molecular complexity index is 425. The van der Waals surface area contributed by atoms with Gasteiger partial charge in [0.25, 0.3) is 0 Å². The molecule has 1 saturated heterocycles. The van der Waals surface area contributed by atoms with Crippen LogP contribution >= 0.6 is 15.9 Å². The number of carbonyl (C=O) groups is 1. The van der Waals surface area contributed by atoms with Gasteiger partial charge >= 0.3 is 5.97 Å². The zero-order chi connectivity index (χ0) is 12.4. The van der Waals surface area contributed by atoms with Crippen molar-refractivity contribution >= 4 is 21.9 Å². The number of hydrogen-bond donors (Lipinski definition) is 1. The average molecular weight is 299 g/mol. The summed E-state index contributed by atoms with van der Waals surface area (Å²) in [5.74, 6) is -0.840. The monoisotopic (exact) mass is 298 g/mol. The molecule has 3 nitrogen and oxygen atoms in total. The summed E-state index contributed by atoms with van der Waals surface area (Å²) in [6, 6.07) is 5.82. The van der Waals surface area contributed by atoms with Crippen LogP contribution in [-0.4, -0.2) is 24.3 Å². The third-order valence-electron chi connectivity index (χ3n) is 3.26. The van der Waals surface area contributed by atoms with Crippen molar-refractivity contribution in [2.75, 3.05) is 13.2 Å². The molecule has 1 aromatic rings. The Morgan fingerprint density at radius 1 is 1.59 bits per heavy atom. The predicted molar refractivity (Wildman–Crippen MR) is 68.4 cm³/mol. The molecular formula is C13H15BrO3. The molecule has 92 valence electrons. The maximum Gasteiger partial charge on any atom is 0.310 e. The fourth-order valence-corrected chi connectivity index (χ4v) is 2.79. The Labute approximate surface area is 109 Å². The van der Waals surface area contributed by atoms with Gasteiger partial charge in [-0.15, -0.1) is 0 Å². The van der Waals surface area contributed by atoms with Crippen molar-refractivity contribution < 1.29 is 14.6 Å². The minimum Gasteiger partial charge on any atom is -0.481 e. The first-order valence-corrected chi connectivity index (χ1v) is 6.48. The van der Waals surface area contributed by atoms with Crippen LogP contribution in [0.1, 0.15) is 36.3 Å². The highest BCUT2D eigenvalue weighted by Gasteiger charge is 2.21. The number of hydrogen-bond acceptors (Lipinski definition) is 2. The molecule has 0 bridgehead atoms. The number of ether oxygens (including phenoxy) is 1. The molecule has 0 radical (unpaired) electrons. The standard InChI is InChI=1S/C13H15BrO3/c1-8(13(15)16)9-2-3-11(12(14)6-9)10-4-5-17-7-10/h2-3,6,8,10H,4-5,7H2,1H3,(H,15,16). The van der Waals surface area contributed by atoms with E-state index in [1.54, 1.807) is 6.92 Å². The summed E-state index contributed by atoms with van der Waals surface area (Å²) >= 11 is 3.53. The van der Waals surface area contributed by atoms with Gasteiger partial charge in [-0.25, -0.2) is 0 Å². The molecule has 0 spiro atoms. The molecule has 4 heteroatoms. The van der Waals surface area contributed by atoms with Gasteiger partial charge in [0, 0.05) is 17.0 Å². The van der Waals surface area contributed by atoms with Crippen LogP contribution in [0.5, 0.6) is 0 Å². The molecule has 0 aliphatic carbocycles. The molecule has 1 N–H and O–H groups in total. The number of rotatable bonds is 3. The Hall–Kier alpha value is -0.870. The quantitative estimate of drug-likeness (QED) is 0.932. The highest BCUT2D eigenvalue weighted by molar-refractivity contribution is 9.10. The van der Waals surface area contributed by atoms with Crippen molar-refractivity contribution in [3.63, 3.8) is 0 Å². The molecule has 1 heterocycles. The van der Waals surface area contributed by atoms with E-state index in [4.69, 9.17) is 9.84 Å². The fourth-order valence-electron chi connectivity index (χ4n) is 2.07.